The normalized spacial score (nSPS) is 16.5. The van der Waals surface area contributed by atoms with Crippen LogP contribution in [0.4, 0.5) is 0 Å². The molecule has 1 saturated heterocycles. The zero-order valence-electron chi connectivity index (χ0n) is 11.1. The van der Waals surface area contributed by atoms with Crippen LogP contribution in [-0.4, -0.2) is 33.9 Å². The van der Waals surface area contributed by atoms with Gasteiger partial charge in [0.05, 0.1) is 23.8 Å². The second-order valence-electron chi connectivity index (χ2n) is 5.23. The Morgan fingerprint density at radius 3 is 2.79 bits per heavy atom. The minimum Gasteiger partial charge on any atom is -0.345 e. The molecule has 0 spiro atoms. The average Bonchev–Trinajstić information content (AvgIpc) is 2.71. The van der Waals surface area contributed by atoms with E-state index in [2.05, 4.69) is 9.97 Å². The van der Waals surface area contributed by atoms with Crippen molar-refractivity contribution < 1.29 is 4.79 Å². The van der Waals surface area contributed by atoms with Crippen molar-refractivity contribution in [3.63, 3.8) is 0 Å². The van der Waals surface area contributed by atoms with Crippen molar-refractivity contribution in [2.45, 2.75) is 32.1 Å². The van der Waals surface area contributed by atoms with Crippen LogP contribution in [0.2, 0.25) is 0 Å². The zero-order chi connectivity index (χ0) is 13.1. The summed E-state index contributed by atoms with van der Waals surface area (Å²) >= 11 is 0. The van der Waals surface area contributed by atoms with Gasteiger partial charge in [0.25, 0.3) is 0 Å². The number of fused-ring (bicyclic) bond motifs is 1. The van der Waals surface area contributed by atoms with Crippen LogP contribution in [0.25, 0.3) is 11.0 Å². The second-order valence-corrected chi connectivity index (χ2v) is 5.23. The van der Waals surface area contributed by atoms with Gasteiger partial charge in [-0.1, -0.05) is 18.9 Å². The molecule has 0 radical (unpaired) electrons. The topological polar surface area (TPSA) is 49.0 Å². The number of carbonyl (C=O) groups excluding carboxylic acids is 1. The van der Waals surface area contributed by atoms with Gasteiger partial charge in [0, 0.05) is 13.1 Å². The van der Waals surface area contributed by atoms with Crippen LogP contribution in [0.3, 0.4) is 0 Å². The highest BCUT2D eigenvalue weighted by atomic mass is 16.2. The van der Waals surface area contributed by atoms with Gasteiger partial charge in [0.2, 0.25) is 5.91 Å². The molecule has 0 bridgehead atoms. The van der Waals surface area contributed by atoms with E-state index in [1.807, 2.05) is 23.1 Å². The summed E-state index contributed by atoms with van der Waals surface area (Å²) in [6.45, 7) is 1.84. The highest BCUT2D eigenvalue weighted by molar-refractivity contribution is 5.81. The van der Waals surface area contributed by atoms with Gasteiger partial charge in [0.15, 0.2) is 0 Å². The predicted molar refractivity (Wildman–Crippen MR) is 74.8 cm³/mol. The molecule has 1 N–H and O–H groups in total. The number of amides is 1. The number of aromatic amines is 1. The third kappa shape index (κ3) is 2.78. The molecule has 0 atom stereocenters. The monoisotopic (exact) mass is 257 g/mol. The maximum absolute atomic E-state index is 12.3. The minimum atomic E-state index is 0.251. The number of carbonyl (C=O) groups is 1. The summed E-state index contributed by atoms with van der Waals surface area (Å²) in [5.41, 5.74) is 3.01. The standard InChI is InChI=1S/C15H19N3O/c19-15(18-7-3-1-2-4-8-18)10-12-5-6-13-14(9-12)17-11-16-13/h5-6,9,11H,1-4,7-8,10H2,(H,16,17). The van der Waals surface area contributed by atoms with Crippen LogP contribution in [0.5, 0.6) is 0 Å². The van der Waals surface area contributed by atoms with Crippen molar-refractivity contribution in [2.24, 2.45) is 0 Å². The number of hydrogen-bond acceptors (Lipinski definition) is 2. The molecule has 1 aliphatic heterocycles. The van der Waals surface area contributed by atoms with Crippen molar-refractivity contribution in [3.05, 3.63) is 30.1 Å². The number of imidazole rings is 1. The minimum absolute atomic E-state index is 0.251. The van der Waals surface area contributed by atoms with Crippen LogP contribution in [-0.2, 0) is 11.2 Å². The van der Waals surface area contributed by atoms with Gasteiger partial charge in [-0.3, -0.25) is 4.79 Å². The Balaban J connectivity index is 1.70. The maximum atomic E-state index is 12.3. The Morgan fingerprint density at radius 1 is 1.21 bits per heavy atom. The fourth-order valence-electron chi connectivity index (χ4n) is 2.70. The van der Waals surface area contributed by atoms with Gasteiger partial charge in [0.1, 0.15) is 0 Å². The average molecular weight is 257 g/mol. The van der Waals surface area contributed by atoms with Crippen molar-refractivity contribution in [1.29, 1.82) is 0 Å². The molecule has 4 nitrogen and oxygen atoms in total. The molecule has 1 aliphatic rings. The zero-order valence-corrected chi connectivity index (χ0v) is 11.1. The number of hydrogen-bond donors (Lipinski definition) is 1. The molecule has 0 unspecified atom stereocenters. The smallest absolute Gasteiger partial charge is 0.226 e. The summed E-state index contributed by atoms with van der Waals surface area (Å²) in [4.78, 5) is 21.6. The maximum Gasteiger partial charge on any atom is 0.226 e. The van der Waals surface area contributed by atoms with Crippen LogP contribution >= 0.6 is 0 Å². The quantitative estimate of drug-likeness (QED) is 0.898. The van der Waals surface area contributed by atoms with Crippen LogP contribution in [0.15, 0.2) is 24.5 Å². The Bertz CT molecular complexity index is 568. The number of H-pyrrole nitrogens is 1. The summed E-state index contributed by atoms with van der Waals surface area (Å²) < 4.78 is 0. The lowest BCUT2D eigenvalue weighted by Gasteiger charge is -2.20. The summed E-state index contributed by atoms with van der Waals surface area (Å²) in [6.07, 6.45) is 6.98. The van der Waals surface area contributed by atoms with Gasteiger partial charge in [-0.15, -0.1) is 0 Å². The molecule has 1 aromatic carbocycles. The number of likely N-dealkylation sites (tertiary alicyclic amines) is 1. The summed E-state index contributed by atoms with van der Waals surface area (Å²) in [5.74, 6) is 0.251. The molecular weight excluding hydrogens is 238 g/mol. The number of benzene rings is 1. The lowest BCUT2D eigenvalue weighted by Crippen LogP contribution is -2.33. The number of nitrogens with zero attached hydrogens (tertiary/aromatic N) is 2. The molecule has 3 rings (SSSR count). The van der Waals surface area contributed by atoms with E-state index in [1.165, 1.54) is 12.8 Å². The fraction of sp³-hybridized carbons (Fsp3) is 0.467. The first-order valence-electron chi connectivity index (χ1n) is 7.03. The van der Waals surface area contributed by atoms with Crippen LogP contribution < -0.4 is 0 Å². The van der Waals surface area contributed by atoms with Gasteiger partial charge in [-0.2, -0.15) is 0 Å². The Labute approximate surface area is 112 Å². The van der Waals surface area contributed by atoms with Gasteiger partial charge >= 0.3 is 0 Å². The van der Waals surface area contributed by atoms with E-state index < -0.39 is 0 Å². The van der Waals surface area contributed by atoms with E-state index in [4.69, 9.17) is 0 Å². The molecule has 2 aromatic rings. The SMILES string of the molecule is O=C(Cc1ccc2nc[nH]c2c1)N1CCCCCC1. The lowest BCUT2D eigenvalue weighted by molar-refractivity contribution is -0.130. The van der Waals surface area contributed by atoms with Crippen molar-refractivity contribution in [1.82, 2.24) is 14.9 Å². The lowest BCUT2D eigenvalue weighted by atomic mass is 10.1. The molecule has 100 valence electrons. The first-order chi connectivity index (χ1) is 9.33. The van der Waals surface area contributed by atoms with Crippen molar-refractivity contribution in [3.8, 4) is 0 Å². The molecule has 1 aromatic heterocycles. The fourth-order valence-corrected chi connectivity index (χ4v) is 2.70. The Hall–Kier alpha value is -1.84. The predicted octanol–water partition coefficient (Wildman–Crippen LogP) is 2.51. The van der Waals surface area contributed by atoms with Crippen molar-refractivity contribution in [2.75, 3.05) is 13.1 Å². The van der Waals surface area contributed by atoms with E-state index in [9.17, 15) is 4.79 Å². The highest BCUT2D eigenvalue weighted by Gasteiger charge is 2.15. The van der Waals surface area contributed by atoms with Crippen molar-refractivity contribution >= 4 is 16.9 Å². The molecule has 1 amide bonds. The molecule has 0 saturated carbocycles. The van der Waals surface area contributed by atoms with E-state index in [0.717, 1.165) is 42.5 Å². The van der Waals surface area contributed by atoms with E-state index in [1.54, 1.807) is 6.33 Å². The molecule has 1 fully saturated rings. The Morgan fingerprint density at radius 2 is 2.00 bits per heavy atom. The third-order valence-corrected chi connectivity index (χ3v) is 3.80. The Kier molecular flexibility index (Phi) is 3.49. The largest absolute Gasteiger partial charge is 0.345 e. The molecule has 0 aliphatic carbocycles. The van der Waals surface area contributed by atoms with E-state index in [-0.39, 0.29) is 5.91 Å². The summed E-state index contributed by atoms with van der Waals surface area (Å²) in [5, 5.41) is 0. The first-order valence-corrected chi connectivity index (χ1v) is 7.03. The van der Waals surface area contributed by atoms with Gasteiger partial charge in [-0.05, 0) is 30.5 Å². The number of nitrogens with one attached hydrogen (secondary N) is 1. The van der Waals surface area contributed by atoms with Gasteiger partial charge in [-0.25, -0.2) is 4.98 Å². The first kappa shape index (κ1) is 12.2. The molecule has 2 heterocycles. The van der Waals surface area contributed by atoms with Crippen LogP contribution in [0.1, 0.15) is 31.2 Å². The van der Waals surface area contributed by atoms with E-state index >= 15 is 0 Å². The molecule has 19 heavy (non-hydrogen) atoms. The molecule has 4 heteroatoms. The number of rotatable bonds is 2. The molecular formula is C15H19N3O. The summed E-state index contributed by atoms with van der Waals surface area (Å²) in [6, 6.07) is 5.99. The second kappa shape index (κ2) is 5.43. The van der Waals surface area contributed by atoms with E-state index in [0.29, 0.717) is 6.42 Å². The summed E-state index contributed by atoms with van der Waals surface area (Å²) in [7, 11) is 0. The highest BCUT2D eigenvalue weighted by Crippen LogP contribution is 2.15. The van der Waals surface area contributed by atoms with Crippen LogP contribution in [0, 0.1) is 0 Å². The third-order valence-electron chi connectivity index (χ3n) is 3.80. The van der Waals surface area contributed by atoms with Gasteiger partial charge < -0.3 is 9.88 Å². The number of aromatic nitrogens is 2.